The highest BCUT2D eigenvalue weighted by atomic mass is 19.3. The van der Waals surface area contributed by atoms with Crippen LogP contribution < -0.4 is 4.74 Å². The second kappa shape index (κ2) is 4.91. The van der Waals surface area contributed by atoms with Crippen LogP contribution in [0.15, 0.2) is 42.5 Å². The fraction of sp³-hybridized carbons (Fsp3) is 0.0769. The number of halogens is 3. The summed E-state index contributed by atoms with van der Waals surface area (Å²) in [6.07, 6.45) is 0. The molecule has 0 saturated heterocycles. The second-order valence-corrected chi connectivity index (χ2v) is 3.27. The number of hydrogen-bond acceptors (Lipinski definition) is 1. The number of benzene rings is 2. The van der Waals surface area contributed by atoms with Gasteiger partial charge in [0, 0.05) is 11.1 Å². The van der Waals surface area contributed by atoms with Crippen LogP contribution in [0.5, 0.6) is 5.75 Å². The molecule has 0 saturated carbocycles. The van der Waals surface area contributed by atoms with Crippen LogP contribution in [-0.2, 0) is 0 Å². The van der Waals surface area contributed by atoms with Crippen molar-refractivity contribution in [2.45, 2.75) is 6.61 Å². The van der Waals surface area contributed by atoms with Crippen molar-refractivity contribution in [3.05, 3.63) is 54.3 Å². The van der Waals surface area contributed by atoms with Crippen molar-refractivity contribution in [3.63, 3.8) is 0 Å². The van der Waals surface area contributed by atoms with Crippen molar-refractivity contribution in [1.82, 2.24) is 0 Å². The van der Waals surface area contributed by atoms with E-state index in [1.807, 2.05) is 0 Å². The van der Waals surface area contributed by atoms with Crippen LogP contribution in [0.2, 0.25) is 0 Å². The lowest BCUT2D eigenvalue weighted by atomic mass is 10.0. The van der Waals surface area contributed by atoms with E-state index in [0.29, 0.717) is 0 Å². The molecule has 0 aliphatic carbocycles. The van der Waals surface area contributed by atoms with Gasteiger partial charge in [0.15, 0.2) is 0 Å². The quantitative estimate of drug-likeness (QED) is 0.786. The molecule has 0 heterocycles. The number of hydrogen-bond donors (Lipinski definition) is 0. The minimum absolute atomic E-state index is 0.0902. The molecule has 87 valence electrons. The van der Waals surface area contributed by atoms with Crippen LogP contribution in [0.1, 0.15) is 0 Å². The summed E-state index contributed by atoms with van der Waals surface area (Å²) in [6.45, 7) is -2.95. The first kappa shape index (κ1) is 11.5. The van der Waals surface area contributed by atoms with Crippen LogP contribution in [0, 0.1) is 11.9 Å². The predicted octanol–water partition coefficient (Wildman–Crippen LogP) is 3.89. The van der Waals surface area contributed by atoms with Gasteiger partial charge in [-0.15, -0.1) is 0 Å². The largest absolute Gasteiger partial charge is 0.434 e. The lowest BCUT2D eigenvalue weighted by Crippen LogP contribution is -2.03. The molecule has 0 fully saturated rings. The zero-order valence-electron chi connectivity index (χ0n) is 8.66. The van der Waals surface area contributed by atoms with E-state index in [2.05, 4.69) is 10.8 Å². The molecule has 0 aliphatic heterocycles. The maximum absolute atomic E-state index is 13.5. The molecule has 0 atom stereocenters. The summed E-state index contributed by atoms with van der Waals surface area (Å²) in [5.74, 6) is -0.596. The van der Waals surface area contributed by atoms with Crippen LogP contribution in [0.3, 0.4) is 0 Å². The topological polar surface area (TPSA) is 9.23 Å². The Morgan fingerprint density at radius 1 is 1.06 bits per heavy atom. The van der Waals surface area contributed by atoms with E-state index in [1.165, 1.54) is 36.4 Å². The monoisotopic (exact) mass is 237 g/mol. The van der Waals surface area contributed by atoms with Crippen LogP contribution >= 0.6 is 0 Å². The summed E-state index contributed by atoms with van der Waals surface area (Å²) in [7, 11) is 0. The molecule has 4 heteroatoms. The van der Waals surface area contributed by atoms with Crippen molar-refractivity contribution >= 4 is 0 Å². The smallest absolute Gasteiger partial charge is 0.387 e. The molecular weight excluding hydrogens is 229 g/mol. The summed E-state index contributed by atoms with van der Waals surface area (Å²) in [4.78, 5) is 0. The van der Waals surface area contributed by atoms with Gasteiger partial charge in [-0.3, -0.25) is 0 Å². The van der Waals surface area contributed by atoms with Gasteiger partial charge in [-0.05, 0) is 18.2 Å². The van der Waals surface area contributed by atoms with Gasteiger partial charge in [-0.2, -0.15) is 8.78 Å². The van der Waals surface area contributed by atoms with Gasteiger partial charge >= 0.3 is 6.61 Å². The van der Waals surface area contributed by atoms with E-state index in [1.54, 1.807) is 6.07 Å². The number of alkyl halides is 2. The van der Waals surface area contributed by atoms with E-state index in [9.17, 15) is 13.2 Å². The molecule has 0 N–H and O–H groups in total. The third kappa shape index (κ3) is 2.58. The summed E-state index contributed by atoms with van der Waals surface area (Å²) in [6, 6.07) is 12.9. The van der Waals surface area contributed by atoms with Crippen LogP contribution in [0.25, 0.3) is 11.1 Å². The Labute approximate surface area is 96.5 Å². The SMILES string of the molecule is Fc1ccccc1-c1[c]cccc1OC(F)F. The molecular formula is C13H8F3O. The Bertz CT molecular complexity index is 512. The van der Waals surface area contributed by atoms with Crippen molar-refractivity contribution in [2.75, 3.05) is 0 Å². The molecule has 0 aromatic heterocycles. The van der Waals surface area contributed by atoms with Crippen LogP contribution in [0.4, 0.5) is 13.2 Å². The third-order valence-electron chi connectivity index (χ3n) is 2.18. The molecule has 0 aliphatic rings. The molecule has 0 amide bonds. The van der Waals surface area contributed by atoms with Crippen molar-refractivity contribution < 1.29 is 17.9 Å². The number of rotatable bonds is 3. The number of ether oxygens (including phenoxy) is 1. The average molecular weight is 237 g/mol. The van der Waals surface area contributed by atoms with Gasteiger partial charge in [0.1, 0.15) is 11.6 Å². The average Bonchev–Trinajstić information content (AvgIpc) is 2.30. The van der Waals surface area contributed by atoms with Gasteiger partial charge in [0.25, 0.3) is 0 Å². The highest BCUT2D eigenvalue weighted by molar-refractivity contribution is 5.70. The predicted molar refractivity (Wildman–Crippen MR) is 57.3 cm³/mol. The standard InChI is InChI=1S/C13H8F3O/c14-11-7-3-1-5-9(11)10-6-2-4-8-12(10)17-13(15)16/h1-5,7-8,13H. The Hall–Kier alpha value is -1.97. The molecule has 0 unspecified atom stereocenters. The Morgan fingerprint density at radius 2 is 1.82 bits per heavy atom. The Balaban J connectivity index is 2.48. The minimum atomic E-state index is -2.95. The summed E-state index contributed by atoms with van der Waals surface area (Å²) in [5, 5.41) is 0. The van der Waals surface area contributed by atoms with Crippen molar-refractivity contribution in [2.24, 2.45) is 0 Å². The Morgan fingerprint density at radius 3 is 2.53 bits per heavy atom. The van der Waals surface area contributed by atoms with Crippen molar-refractivity contribution in [1.29, 1.82) is 0 Å². The minimum Gasteiger partial charge on any atom is -0.434 e. The lowest BCUT2D eigenvalue weighted by Gasteiger charge is -2.10. The highest BCUT2D eigenvalue weighted by Gasteiger charge is 2.13. The zero-order chi connectivity index (χ0) is 12.3. The van der Waals surface area contributed by atoms with E-state index in [-0.39, 0.29) is 16.9 Å². The van der Waals surface area contributed by atoms with Crippen molar-refractivity contribution in [3.8, 4) is 16.9 Å². The fourth-order valence-electron chi connectivity index (χ4n) is 1.49. The second-order valence-electron chi connectivity index (χ2n) is 3.27. The van der Waals surface area contributed by atoms with E-state index < -0.39 is 12.4 Å². The molecule has 2 rings (SSSR count). The van der Waals surface area contributed by atoms with E-state index >= 15 is 0 Å². The summed E-state index contributed by atoms with van der Waals surface area (Å²) < 4.78 is 42.2. The molecule has 2 aromatic carbocycles. The van der Waals surface area contributed by atoms with Gasteiger partial charge in [0.05, 0.1) is 0 Å². The van der Waals surface area contributed by atoms with E-state index in [0.717, 1.165) is 0 Å². The summed E-state index contributed by atoms with van der Waals surface area (Å²) in [5.41, 5.74) is 0.370. The zero-order valence-corrected chi connectivity index (χ0v) is 8.66. The lowest BCUT2D eigenvalue weighted by molar-refractivity contribution is -0.0494. The van der Waals surface area contributed by atoms with Gasteiger partial charge in [-0.25, -0.2) is 4.39 Å². The molecule has 0 spiro atoms. The van der Waals surface area contributed by atoms with Gasteiger partial charge in [-0.1, -0.05) is 30.3 Å². The normalized spacial score (nSPS) is 10.6. The molecule has 1 nitrogen and oxygen atoms in total. The maximum atomic E-state index is 13.5. The highest BCUT2D eigenvalue weighted by Crippen LogP contribution is 2.31. The Kier molecular flexibility index (Phi) is 3.32. The van der Waals surface area contributed by atoms with Crippen LogP contribution in [-0.4, -0.2) is 6.61 Å². The fourth-order valence-corrected chi connectivity index (χ4v) is 1.49. The molecule has 0 bridgehead atoms. The first-order valence-electron chi connectivity index (χ1n) is 4.89. The molecule has 1 radical (unpaired) electrons. The first-order chi connectivity index (χ1) is 8.18. The van der Waals surface area contributed by atoms with Gasteiger partial charge < -0.3 is 4.74 Å². The van der Waals surface area contributed by atoms with E-state index in [4.69, 9.17) is 0 Å². The maximum Gasteiger partial charge on any atom is 0.387 e. The third-order valence-corrected chi connectivity index (χ3v) is 2.18. The summed E-state index contributed by atoms with van der Waals surface area (Å²) >= 11 is 0. The first-order valence-corrected chi connectivity index (χ1v) is 4.89. The molecule has 2 aromatic rings. The van der Waals surface area contributed by atoms with Gasteiger partial charge in [0.2, 0.25) is 0 Å². The molecule has 17 heavy (non-hydrogen) atoms.